The monoisotopic (exact) mass is 464 g/mol. The molecule has 8 heteroatoms. The number of carbonyl (C=O) groups excluding carboxylic acids is 1. The predicted octanol–water partition coefficient (Wildman–Crippen LogP) is 5.47. The second-order valence-electron chi connectivity index (χ2n) is 7.52. The Bertz CT molecular complexity index is 1360. The van der Waals surface area contributed by atoms with Crippen molar-refractivity contribution in [2.45, 2.75) is 45.1 Å². The van der Waals surface area contributed by atoms with Crippen molar-refractivity contribution in [1.29, 1.82) is 0 Å². The van der Waals surface area contributed by atoms with Crippen LogP contribution in [-0.2, 0) is 17.1 Å². The maximum Gasteiger partial charge on any atom is 0.262 e. The summed E-state index contributed by atoms with van der Waals surface area (Å²) in [5.74, 6) is 0.474. The number of carbonyl (C=O) groups is 1. The highest BCUT2D eigenvalue weighted by Gasteiger charge is 2.20. The molecule has 164 valence electrons. The number of nitrogens with zero attached hydrogens (tertiary/aromatic N) is 4. The number of hydrogen-bond donors (Lipinski definition) is 0. The fourth-order valence-corrected chi connectivity index (χ4v) is 5.54. The highest BCUT2D eigenvalue weighted by atomic mass is 32.2. The van der Waals surface area contributed by atoms with Crippen molar-refractivity contribution in [3.05, 3.63) is 75.0 Å². The minimum Gasteiger partial charge on any atom is -0.287 e. The van der Waals surface area contributed by atoms with Crippen LogP contribution in [0.1, 0.15) is 30.7 Å². The summed E-state index contributed by atoms with van der Waals surface area (Å²) >= 11 is 2.92. The summed E-state index contributed by atoms with van der Waals surface area (Å²) in [7, 11) is 0. The number of aryl methyl sites for hydroxylation is 2. The molecule has 4 rings (SSSR count). The molecule has 6 nitrogen and oxygen atoms in total. The van der Waals surface area contributed by atoms with Crippen LogP contribution in [0.15, 0.2) is 57.8 Å². The summed E-state index contributed by atoms with van der Waals surface area (Å²) in [6.45, 7) is 8.07. The molecule has 0 fully saturated rings. The minimum absolute atomic E-state index is 0.0304. The molecule has 0 saturated carbocycles. The van der Waals surface area contributed by atoms with E-state index in [1.807, 2.05) is 56.5 Å². The molecule has 2 heterocycles. The van der Waals surface area contributed by atoms with Crippen LogP contribution in [0.3, 0.4) is 0 Å². The van der Waals surface area contributed by atoms with Crippen LogP contribution in [0, 0.1) is 13.8 Å². The fraction of sp³-hybridized carbons (Fsp3) is 0.250. The van der Waals surface area contributed by atoms with E-state index in [2.05, 4.69) is 6.07 Å². The Hall–Kier alpha value is -2.97. The lowest BCUT2D eigenvalue weighted by molar-refractivity contribution is -0.115. The molecule has 0 aliphatic rings. The SMILES string of the molecule is CCn1c(SCc2csc(N(C(C)=O)c3ccc(C)cc3C)n2)nc2ccccc2c1=O. The largest absolute Gasteiger partial charge is 0.287 e. The first-order valence-electron chi connectivity index (χ1n) is 10.3. The van der Waals surface area contributed by atoms with Gasteiger partial charge in [-0.2, -0.15) is 0 Å². The van der Waals surface area contributed by atoms with Gasteiger partial charge in [-0.1, -0.05) is 41.6 Å². The van der Waals surface area contributed by atoms with E-state index in [0.29, 0.717) is 33.5 Å². The molecule has 0 N–H and O–H groups in total. The molecule has 0 aliphatic heterocycles. The van der Waals surface area contributed by atoms with Crippen LogP contribution < -0.4 is 10.5 Å². The molecule has 4 aromatic rings. The molecular formula is C24H24N4O2S2. The van der Waals surface area contributed by atoms with Gasteiger partial charge in [0.25, 0.3) is 5.56 Å². The smallest absolute Gasteiger partial charge is 0.262 e. The molecule has 2 aromatic heterocycles. The number of amides is 1. The van der Waals surface area contributed by atoms with Crippen LogP contribution in [0.4, 0.5) is 10.8 Å². The Morgan fingerprint density at radius 1 is 1.16 bits per heavy atom. The first-order valence-corrected chi connectivity index (χ1v) is 12.2. The first-order chi connectivity index (χ1) is 15.4. The summed E-state index contributed by atoms with van der Waals surface area (Å²) in [5.41, 5.74) is 4.52. The lowest BCUT2D eigenvalue weighted by Gasteiger charge is -2.20. The zero-order valence-electron chi connectivity index (χ0n) is 18.5. The van der Waals surface area contributed by atoms with Gasteiger partial charge in [0.1, 0.15) is 0 Å². The highest BCUT2D eigenvalue weighted by Crippen LogP contribution is 2.33. The number of fused-ring (bicyclic) bond motifs is 1. The number of para-hydroxylation sites is 1. The average Bonchev–Trinajstić information content (AvgIpc) is 3.22. The van der Waals surface area contributed by atoms with Crippen LogP contribution >= 0.6 is 23.1 Å². The number of hydrogen-bond acceptors (Lipinski definition) is 6. The quantitative estimate of drug-likeness (QED) is 0.280. The van der Waals surface area contributed by atoms with Gasteiger partial charge in [0.05, 0.1) is 22.3 Å². The second kappa shape index (κ2) is 9.26. The Kier molecular flexibility index (Phi) is 6.43. The van der Waals surface area contributed by atoms with Crippen LogP contribution in [0.25, 0.3) is 10.9 Å². The predicted molar refractivity (Wildman–Crippen MR) is 132 cm³/mol. The number of thioether (sulfide) groups is 1. The number of anilines is 2. The van der Waals surface area contributed by atoms with Crippen molar-refractivity contribution in [2.24, 2.45) is 0 Å². The summed E-state index contributed by atoms with van der Waals surface area (Å²) in [4.78, 5) is 36.3. The van der Waals surface area contributed by atoms with Gasteiger partial charge in [-0.25, -0.2) is 9.97 Å². The van der Waals surface area contributed by atoms with E-state index in [1.54, 1.807) is 22.5 Å². The molecule has 0 atom stereocenters. The molecule has 0 unspecified atom stereocenters. The maximum atomic E-state index is 12.8. The van der Waals surface area contributed by atoms with E-state index in [-0.39, 0.29) is 11.5 Å². The van der Waals surface area contributed by atoms with Crippen molar-refractivity contribution in [2.75, 3.05) is 4.90 Å². The molecular weight excluding hydrogens is 440 g/mol. The van der Waals surface area contributed by atoms with Gasteiger partial charge >= 0.3 is 0 Å². The number of thiazole rings is 1. The average molecular weight is 465 g/mol. The molecule has 2 aromatic carbocycles. The van der Waals surface area contributed by atoms with Gasteiger partial charge in [-0.15, -0.1) is 11.3 Å². The van der Waals surface area contributed by atoms with E-state index < -0.39 is 0 Å². The molecule has 0 bridgehead atoms. The van der Waals surface area contributed by atoms with Crippen molar-refractivity contribution in [3.8, 4) is 0 Å². The van der Waals surface area contributed by atoms with Crippen molar-refractivity contribution in [1.82, 2.24) is 14.5 Å². The van der Waals surface area contributed by atoms with Crippen molar-refractivity contribution in [3.63, 3.8) is 0 Å². The van der Waals surface area contributed by atoms with Gasteiger partial charge in [0.2, 0.25) is 5.91 Å². The Balaban J connectivity index is 1.61. The second-order valence-corrected chi connectivity index (χ2v) is 9.29. The van der Waals surface area contributed by atoms with Crippen molar-refractivity contribution >= 4 is 50.7 Å². The van der Waals surface area contributed by atoms with Crippen LogP contribution in [0.5, 0.6) is 0 Å². The molecule has 32 heavy (non-hydrogen) atoms. The third kappa shape index (κ3) is 4.33. The summed E-state index contributed by atoms with van der Waals surface area (Å²) in [6.07, 6.45) is 0. The van der Waals surface area contributed by atoms with E-state index in [0.717, 1.165) is 22.5 Å². The van der Waals surface area contributed by atoms with Gasteiger partial charge < -0.3 is 0 Å². The van der Waals surface area contributed by atoms with Crippen molar-refractivity contribution < 1.29 is 4.79 Å². The molecule has 0 radical (unpaired) electrons. The van der Waals surface area contributed by atoms with E-state index in [1.165, 1.54) is 23.1 Å². The Morgan fingerprint density at radius 2 is 1.94 bits per heavy atom. The molecule has 0 saturated heterocycles. The number of rotatable bonds is 6. The van der Waals surface area contributed by atoms with Gasteiger partial charge in [0, 0.05) is 24.6 Å². The Morgan fingerprint density at radius 3 is 2.66 bits per heavy atom. The van der Waals surface area contributed by atoms with Gasteiger partial charge in [-0.05, 0) is 44.5 Å². The lowest BCUT2D eigenvalue weighted by atomic mass is 10.1. The standard InChI is InChI=1S/C24H24N4O2S2/c1-5-27-22(30)19-8-6-7-9-20(19)26-23(27)31-13-18-14-32-24(25-18)28(17(4)29)21-11-10-15(2)12-16(21)3/h6-12,14H,5,13H2,1-4H3. The molecule has 0 aliphatic carbocycles. The van der Waals surface area contributed by atoms with E-state index in [9.17, 15) is 9.59 Å². The highest BCUT2D eigenvalue weighted by molar-refractivity contribution is 7.98. The Labute approximate surface area is 194 Å². The maximum absolute atomic E-state index is 12.8. The topological polar surface area (TPSA) is 68.1 Å². The van der Waals surface area contributed by atoms with Crippen LogP contribution in [-0.4, -0.2) is 20.4 Å². The van der Waals surface area contributed by atoms with Gasteiger partial charge in [-0.3, -0.25) is 19.1 Å². The minimum atomic E-state index is -0.0819. The lowest BCUT2D eigenvalue weighted by Crippen LogP contribution is -2.23. The summed E-state index contributed by atoms with van der Waals surface area (Å²) in [5, 5.41) is 3.89. The zero-order valence-corrected chi connectivity index (χ0v) is 20.1. The molecule has 1 amide bonds. The normalized spacial score (nSPS) is 11.1. The first kappa shape index (κ1) is 22.2. The van der Waals surface area contributed by atoms with Gasteiger partial charge in [0.15, 0.2) is 10.3 Å². The van der Waals surface area contributed by atoms with Crippen LogP contribution in [0.2, 0.25) is 0 Å². The zero-order chi connectivity index (χ0) is 22.8. The third-order valence-corrected chi connectivity index (χ3v) is 7.02. The fourth-order valence-electron chi connectivity index (χ4n) is 3.60. The van der Waals surface area contributed by atoms with E-state index >= 15 is 0 Å². The third-order valence-electron chi connectivity index (χ3n) is 5.13. The number of aromatic nitrogens is 3. The number of benzene rings is 2. The van der Waals surface area contributed by atoms with E-state index in [4.69, 9.17) is 9.97 Å². The summed E-state index contributed by atoms with van der Waals surface area (Å²) < 4.78 is 1.69. The molecule has 0 spiro atoms. The summed E-state index contributed by atoms with van der Waals surface area (Å²) in [6, 6.07) is 13.4.